The molecule has 1 aromatic heterocycles. The van der Waals surface area contributed by atoms with Crippen molar-refractivity contribution in [2.24, 2.45) is 0 Å². The summed E-state index contributed by atoms with van der Waals surface area (Å²) in [6.07, 6.45) is 0. The van der Waals surface area contributed by atoms with Crippen molar-refractivity contribution in [2.75, 3.05) is 0 Å². The molecule has 1 aromatic carbocycles. The first kappa shape index (κ1) is 9.53. The van der Waals surface area contributed by atoms with Gasteiger partial charge in [-0.2, -0.15) is 5.10 Å². The molecular weight excluding hydrogens is 196 g/mol. The molecule has 1 heterocycles. The smallest absolute Gasteiger partial charge is 0.0839 e. The van der Waals surface area contributed by atoms with E-state index in [1.807, 2.05) is 18.2 Å². The maximum atomic E-state index is 6.05. The Balaban J connectivity index is 2.76. The van der Waals surface area contributed by atoms with Crippen LogP contribution < -0.4 is 0 Å². The number of para-hydroxylation sites is 1. The summed E-state index contributed by atoms with van der Waals surface area (Å²) in [5.41, 5.74) is 2.04. The number of fused-ring (bicyclic) bond motifs is 1. The highest BCUT2D eigenvalue weighted by atomic mass is 35.5. The molecule has 0 spiro atoms. The summed E-state index contributed by atoms with van der Waals surface area (Å²) in [6.45, 7) is 6.43. The lowest BCUT2D eigenvalue weighted by Crippen LogP contribution is -2.11. The van der Waals surface area contributed by atoms with Crippen LogP contribution in [0.2, 0.25) is 5.02 Å². The number of H-pyrrole nitrogens is 1. The maximum absolute atomic E-state index is 6.05. The monoisotopic (exact) mass is 208 g/mol. The Bertz CT molecular complexity index is 466. The van der Waals surface area contributed by atoms with E-state index in [9.17, 15) is 0 Å². The minimum Gasteiger partial charge on any atom is -0.276 e. The van der Waals surface area contributed by atoms with E-state index in [-0.39, 0.29) is 5.41 Å². The van der Waals surface area contributed by atoms with Crippen LogP contribution in [0.25, 0.3) is 10.9 Å². The third-order valence-electron chi connectivity index (χ3n) is 2.26. The average Bonchev–Trinajstić information content (AvgIpc) is 2.47. The number of nitrogens with zero attached hydrogens (tertiary/aromatic N) is 1. The van der Waals surface area contributed by atoms with Crippen LogP contribution in [0.3, 0.4) is 0 Å². The molecule has 1 N–H and O–H groups in total. The molecule has 2 aromatic rings. The minimum absolute atomic E-state index is 0.0446. The number of hydrogen-bond donors (Lipinski definition) is 1. The largest absolute Gasteiger partial charge is 0.276 e. The molecule has 74 valence electrons. The van der Waals surface area contributed by atoms with Crippen LogP contribution in [-0.4, -0.2) is 10.2 Å². The van der Waals surface area contributed by atoms with Gasteiger partial charge in [0.15, 0.2) is 0 Å². The Hall–Kier alpha value is -1.02. The zero-order valence-electron chi connectivity index (χ0n) is 8.56. The van der Waals surface area contributed by atoms with Gasteiger partial charge in [-0.1, -0.05) is 44.5 Å². The number of aromatic amines is 1. The van der Waals surface area contributed by atoms with Gasteiger partial charge in [0, 0.05) is 10.8 Å². The van der Waals surface area contributed by atoms with Gasteiger partial charge in [0.2, 0.25) is 0 Å². The van der Waals surface area contributed by atoms with Crippen molar-refractivity contribution >= 4 is 22.5 Å². The van der Waals surface area contributed by atoms with Crippen LogP contribution in [0.15, 0.2) is 18.2 Å². The van der Waals surface area contributed by atoms with Gasteiger partial charge in [-0.05, 0) is 6.07 Å². The van der Waals surface area contributed by atoms with E-state index in [1.165, 1.54) is 0 Å². The summed E-state index contributed by atoms with van der Waals surface area (Å²) in [6, 6.07) is 5.87. The minimum atomic E-state index is 0.0446. The molecule has 0 saturated heterocycles. The van der Waals surface area contributed by atoms with E-state index in [0.29, 0.717) is 0 Å². The summed E-state index contributed by atoms with van der Waals surface area (Å²) < 4.78 is 0. The topological polar surface area (TPSA) is 28.7 Å². The predicted octanol–water partition coefficient (Wildman–Crippen LogP) is 3.51. The second-order valence-corrected chi connectivity index (χ2v) is 4.89. The van der Waals surface area contributed by atoms with Gasteiger partial charge in [-0.3, -0.25) is 5.10 Å². The lowest BCUT2D eigenvalue weighted by Gasteiger charge is -2.15. The molecule has 0 aliphatic carbocycles. The van der Waals surface area contributed by atoms with E-state index in [2.05, 4.69) is 31.0 Å². The van der Waals surface area contributed by atoms with Crippen molar-refractivity contribution in [1.29, 1.82) is 0 Å². The molecule has 0 radical (unpaired) electrons. The predicted molar refractivity (Wildman–Crippen MR) is 59.8 cm³/mol. The second-order valence-electron chi connectivity index (χ2n) is 4.48. The molecule has 14 heavy (non-hydrogen) atoms. The molecule has 0 amide bonds. The van der Waals surface area contributed by atoms with Crippen molar-refractivity contribution in [3.63, 3.8) is 0 Å². The van der Waals surface area contributed by atoms with Gasteiger partial charge in [0.1, 0.15) is 0 Å². The third-order valence-corrected chi connectivity index (χ3v) is 2.57. The fourth-order valence-corrected chi connectivity index (χ4v) is 1.80. The highest BCUT2D eigenvalue weighted by molar-refractivity contribution is 6.35. The van der Waals surface area contributed by atoms with Gasteiger partial charge in [0.25, 0.3) is 0 Å². The number of benzene rings is 1. The van der Waals surface area contributed by atoms with Crippen molar-refractivity contribution in [3.05, 3.63) is 28.9 Å². The van der Waals surface area contributed by atoms with E-state index >= 15 is 0 Å². The van der Waals surface area contributed by atoms with E-state index in [1.54, 1.807) is 0 Å². The standard InChI is InChI=1S/C11H13ClN2/c1-11(2,3)10-7-5-4-6-8(12)9(7)13-14-10/h4-6H,1-3H3,(H,13,14). The molecule has 0 aliphatic rings. The van der Waals surface area contributed by atoms with Crippen LogP contribution in [0, 0.1) is 0 Å². The Kier molecular flexibility index (Phi) is 2.04. The van der Waals surface area contributed by atoms with Gasteiger partial charge < -0.3 is 0 Å². The lowest BCUT2D eigenvalue weighted by molar-refractivity contribution is 0.571. The molecule has 2 nitrogen and oxygen atoms in total. The summed E-state index contributed by atoms with van der Waals surface area (Å²) >= 11 is 6.05. The Morgan fingerprint density at radius 1 is 1.29 bits per heavy atom. The molecule has 0 atom stereocenters. The molecule has 0 bridgehead atoms. The van der Waals surface area contributed by atoms with Gasteiger partial charge in [-0.25, -0.2) is 0 Å². The van der Waals surface area contributed by atoms with Gasteiger partial charge in [0.05, 0.1) is 16.2 Å². The van der Waals surface area contributed by atoms with Crippen LogP contribution in [0.1, 0.15) is 26.5 Å². The zero-order chi connectivity index (χ0) is 10.3. The Labute approximate surface area is 88.3 Å². The number of hydrogen-bond acceptors (Lipinski definition) is 1. The Morgan fingerprint density at radius 3 is 2.64 bits per heavy atom. The van der Waals surface area contributed by atoms with Gasteiger partial charge in [-0.15, -0.1) is 0 Å². The van der Waals surface area contributed by atoms with Crippen LogP contribution in [0.4, 0.5) is 0 Å². The van der Waals surface area contributed by atoms with Gasteiger partial charge >= 0.3 is 0 Å². The zero-order valence-corrected chi connectivity index (χ0v) is 9.31. The highest BCUT2D eigenvalue weighted by Crippen LogP contribution is 2.30. The van der Waals surface area contributed by atoms with E-state index in [0.717, 1.165) is 21.6 Å². The van der Waals surface area contributed by atoms with Crippen LogP contribution in [0.5, 0.6) is 0 Å². The van der Waals surface area contributed by atoms with Crippen molar-refractivity contribution in [3.8, 4) is 0 Å². The first-order valence-electron chi connectivity index (χ1n) is 4.63. The normalized spacial score (nSPS) is 12.3. The molecule has 0 unspecified atom stereocenters. The number of nitrogens with one attached hydrogen (secondary N) is 1. The van der Waals surface area contributed by atoms with Crippen molar-refractivity contribution in [1.82, 2.24) is 10.2 Å². The molecule has 0 fully saturated rings. The SMILES string of the molecule is CC(C)(C)c1n[nH]c2c(Cl)cccc12. The molecule has 0 aliphatic heterocycles. The molecule has 3 heteroatoms. The second kappa shape index (κ2) is 2.99. The Morgan fingerprint density at radius 2 is 2.00 bits per heavy atom. The van der Waals surface area contributed by atoms with Crippen molar-refractivity contribution in [2.45, 2.75) is 26.2 Å². The lowest BCUT2D eigenvalue weighted by atomic mass is 9.90. The first-order valence-corrected chi connectivity index (χ1v) is 5.01. The highest BCUT2D eigenvalue weighted by Gasteiger charge is 2.20. The van der Waals surface area contributed by atoms with Crippen LogP contribution >= 0.6 is 11.6 Å². The number of aromatic nitrogens is 2. The molecule has 2 rings (SSSR count). The number of rotatable bonds is 0. The quantitative estimate of drug-likeness (QED) is 0.705. The summed E-state index contributed by atoms with van der Waals surface area (Å²) in [7, 11) is 0. The fraction of sp³-hybridized carbons (Fsp3) is 0.364. The summed E-state index contributed by atoms with van der Waals surface area (Å²) in [5.74, 6) is 0. The summed E-state index contributed by atoms with van der Waals surface area (Å²) in [5, 5.41) is 9.14. The van der Waals surface area contributed by atoms with Crippen LogP contribution in [-0.2, 0) is 5.41 Å². The molecular formula is C11H13ClN2. The van der Waals surface area contributed by atoms with E-state index in [4.69, 9.17) is 11.6 Å². The maximum Gasteiger partial charge on any atom is 0.0839 e. The summed E-state index contributed by atoms with van der Waals surface area (Å²) in [4.78, 5) is 0. The third kappa shape index (κ3) is 1.40. The first-order chi connectivity index (χ1) is 6.50. The average molecular weight is 209 g/mol. The fourth-order valence-electron chi connectivity index (χ4n) is 1.58. The number of halogens is 1. The molecule has 0 saturated carbocycles. The van der Waals surface area contributed by atoms with Crippen molar-refractivity contribution < 1.29 is 0 Å². The van der Waals surface area contributed by atoms with E-state index < -0.39 is 0 Å².